The van der Waals surface area contributed by atoms with Gasteiger partial charge in [0.05, 0.1) is 24.8 Å². The highest BCUT2D eigenvalue weighted by atomic mass is 35.5. The summed E-state index contributed by atoms with van der Waals surface area (Å²) in [5.41, 5.74) is 0.180. The summed E-state index contributed by atoms with van der Waals surface area (Å²) < 4.78 is 4.86. The maximum atomic E-state index is 11.7. The first kappa shape index (κ1) is 14.6. The van der Waals surface area contributed by atoms with Crippen LogP contribution in [0.1, 0.15) is 10.4 Å². The molecule has 0 aliphatic heterocycles. The molecule has 0 unspecified atom stereocenters. The van der Waals surface area contributed by atoms with Gasteiger partial charge in [-0.2, -0.15) is 0 Å². The fraction of sp³-hybridized carbons (Fsp3) is 0.364. The van der Waals surface area contributed by atoms with Gasteiger partial charge in [0.2, 0.25) is 0 Å². The molecule has 1 amide bonds. The van der Waals surface area contributed by atoms with Gasteiger partial charge in [-0.25, -0.2) is 0 Å². The van der Waals surface area contributed by atoms with Gasteiger partial charge >= 0.3 is 0 Å². The van der Waals surface area contributed by atoms with Crippen LogP contribution in [0.2, 0.25) is 5.02 Å². The second-order valence-electron chi connectivity index (χ2n) is 3.56. The molecule has 4 N–H and O–H groups in total. The van der Waals surface area contributed by atoms with E-state index in [9.17, 15) is 9.90 Å². The maximum Gasteiger partial charge on any atom is 0.251 e. The van der Waals surface area contributed by atoms with Crippen LogP contribution in [0.15, 0.2) is 12.1 Å². The molecule has 100 valence electrons. The van der Waals surface area contributed by atoms with E-state index in [0.717, 1.165) is 0 Å². The molecule has 0 fully saturated rings. The first-order valence-electron chi connectivity index (χ1n) is 5.13. The lowest BCUT2D eigenvalue weighted by Gasteiger charge is -2.11. The predicted molar refractivity (Wildman–Crippen MR) is 65.1 cm³/mol. The summed E-state index contributed by atoms with van der Waals surface area (Å²) in [5, 5.41) is 29.6. The van der Waals surface area contributed by atoms with E-state index in [0.29, 0.717) is 0 Å². The molecule has 1 aromatic carbocycles. The topological polar surface area (TPSA) is 99.0 Å². The Kier molecular flexibility index (Phi) is 5.21. The zero-order valence-corrected chi connectivity index (χ0v) is 10.4. The summed E-state index contributed by atoms with van der Waals surface area (Å²) in [6.07, 6.45) is -1.02. The Morgan fingerprint density at radius 2 is 2.22 bits per heavy atom. The number of methoxy groups -OCH3 is 1. The summed E-state index contributed by atoms with van der Waals surface area (Å²) in [6, 6.07) is 2.60. The molecule has 0 bridgehead atoms. The number of aliphatic hydroxyl groups excluding tert-OH is 2. The quantitative estimate of drug-likeness (QED) is 0.612. The molecule has 0 aromatic heterocycles. The van der Waals surface area contributed by atoms with Crippen molar-refractivity contribution in [2.75, 3.05) is 20.3 Å². The Morgan fingerprint density at radius 1 is 1.56 bits per heavy atom. The maximum absolute atomic E-state index is 11.7. The summed E-state index contributed by atoms with van der Waals surface area (Å²) >= 11 is 5.73. The molecular formula is C11H14ClNO5. The van der Waals surface area contributed by atoms with Gasteiger partial charge in [-0.1, -0.05) is 11.6 Å². The van der Waals surface area contributed by atoms with Crippen molar-refractivity contribution in [3.8, 4) is 11.5 Å². The highest BCUT2D eigenvalue weighted by Gasteiger charge is 2.14. The third kappa shape index (κ3) is 3.49. The van der Waals surface area contributed by atoms with Gasteiger partial charge in [-0.3, -0.25) is 4.79 Å². The van der Waals surface area contributed by atoms with Crippen LogP contribution in [0.3, 0.4) is 0 Å². The highest BCUT2D eigenvalue weighted by molar-refractivity contribution is 6.32. The monoisotopic (exact) mass is 275 g/mol. The molecule has 6 nitrogen and oxygen atoms in total. The lowest BCUT2D eigenvalue weighted by Crippen LogP contribution is -2.33. The lowest BCUT2D eigenvalue weighted by atomic mass is 10.2. The number of phenolic OH excluding ortho intramolecular Hbond substituents is 1. The van der Waals surface area contributed by atoms with Gasteiger partial charge in [-0.15, -0.1) is 0 Å². The van der Waals surface area contributed by atoms with E-state index in [1.54, 1.807) is 0 Å². The summed E-state index contributed by atoms with van der Waals surface area (Å²) in [6.45, 7) is -0.532. The highest BCUT2D eigenvalue weighted by Crippen LogP contribution is 2.34. The van der Waals surface area contributed by atoms with E-state index in [1.165, 1.54) is 19.2 Å². The third-order valence-electron chi connectivity index (χ3n) is 2.22. The fourth-order valence-corrected chi connectivity index (χ4v) is 1.45. The van der Waals surface area contributed by atoms with E-state index in [2.05, 4.69) is 5.32 Å². The van der Waals surface area contributed by atoms with Crippen molar-refractivity contribution in [3.05, 3.63) is 22.7 Å². The van der Waals surface area contributed by atoms with Crippen molar-refractivity contribution in [1.82, 2.24) is 5.32 Å². The van der Waals surface area contributed by atoms with Gasteiger partial charge in [0.1, 0.15) is 0 Å². The average molecular weight is 276 g/mol. The number of phenols is 1. The minimum absolute atomic E-state index is 0.0118. The second kappa shape index (κ2) is 6.44. The number of hydrogen-bond acceptors (Lipinski definition) is 5. The Bertz CT molecular complexity index is 438. The molecule has 0 spiro atoms. The molecule has 7 heteroatoms. The van der Waals surface area contributed by atoms with Crippen LogP contribution in [0.5, 0.6) is 11.5 Å². The number of ether oxygens (including phenoxy) is 1. The van der Waals surface area contributed by atoms with Gasteiger partial charge in [0.25, 0.3) is 5.91 Å². The Balaban J connectivity index is 2.83. The van der Waals surface area contributed by atoms with Crippen LogP contribution in [-0.2, 0) is 0 Å². The molecule has 0 aliphatic rings. The zero-order valence-electron chi connectivity index (χ0n) is 9.68. The number of carbonyl (C=O) groups excluding carboxylic acids is 1. The molecule has 0 saturated heterocycles. The van der Waals surface area contributed by atoms with Crippen molar-refractivity contribution >= 4 is 17.5 Å². The summed E-state index contributed by atoms with van der Waals surface area (Å²) in [4.78, 5) is 11.7. The standard InChI is InChI=1S/C11H14ClNO5/c1-18-9-3-6(2-8(12)10(9)16)11(17)13-4-7(15)5-14/h2-3,7,14-16H,4-5H2,1H3,(H,13,17)/t7-/m1/s1. The molecule has 1 rings (SSSR count). The second-order valence-corrected chi connectivity index (χ2v) is 3.96. The van der Waals surface area contributed by atoms with Gasteiger partial charge < -0.3 is 25.4 Å². The van der Waals surface area contributed by atoms with Crippen LogP contribution in [0, 0.1) is 0 Å². The van der Waals surface area contributed by atoms with Gasteiger partial charge in [0.15, 0.2) is 11.5 Å². The van der Waals surface area contributed by atoms with Crippen molar-refractivity contribution < 1.29 is 24.9 Å². The first-order valence-corrected chi connectivity index (χ1v) is 5.51. The Morgan fingerprint density at radius 3 is 2.78 bits per heavy atom. The van der Waals surface area contributed by atoms with Crippen molar-refractivity contribution in [3.63, 3.8) is 0 Å². The number of nitrogens with one attached hydrogen (secondary N) is 1. The summed E-state index contributed by atoms with van der Waals surface area (Å²) in [5.74, 6) is -0.663. The molecule has 0 aliphatic carbocycles. The van der Waals surface area contributed by atoms with E-state index >= 15 is 0 Å². The number of rotatable bonds is 5. The number of benzene rings is 1. The fourth-order valence-electron chi connectivity index (χ4n) is 1.24. The third-order valence-corrected chi connectivity index (χ3v) is 2.51. The van der Waals surface area contributed by atoms with Crippen molar-refractivity contribution in [2.45, 2.75) is 6.10 Å². The number of carbonyl (C=O) groups is 1. The SMILES string of the molecule is COc1cc(C(=O)NC[C@@H](O)CO)cc(Cl)c1O. The minimum Gasteiger partial charge on any atom is -0.503 e. The van der Waals surface area contributed by atoms with E-state index in [1.807, 2.05) is 0 Å². The molecule has 18 heavy (non-hydrogen) atoms. The van der Waals surface area contributed by atoms with E-state index < -0.39 is 18.6 Å². The smallest absolute Gasteiger partial charge is 0.251 e. The van der Waals surface area contributed by atoms with Crippen LogP contribution >= 0.6 is 11.6 Å². The number of halogens is 1. The van der Waals surface area contributed by atoms with Crippen LogP contribution in [0.4, 0.5) is 0 Å². The molecule has 0 heterocycles. The molecule has 1 aromatic rings. The molecule has 1 atom stereocenters. The zero-order chi connectivity index (χ0) is 13.7. The van der Waals surface area contributed by atoms with Crippen LogP contribution in [0.25, 0.3) is 0 Å². The van der Waals surface area contributed by atoms with E-state index in [4.69, 9.17) is 26.6 Å². The van der Waals surface area contributed by atoms with Crippen LogP contribution < -0.4 is 10.1 Å². The van der Waals surface area contributed by atoms with Crippen molar-refractivity contribution in [1.29, 1.82) is 0 Å². The largest absolute Gasteiger partial charge is 0.503 e. The van der Waals surface area contributed by atoms with Gasteiger partial charge in [0, 0.05) is 12.1 Å². The van der Waals surface area contributed by atoms with Crippen molar-refractivity contribution in [2.24, 2.45) is 0 Å². The molecule has 0 radical (unpaired) electrons. The van der Waals surface area contributed by atoms with E-state index in [-0.39, 0.29) is 28.6 Å². The average Bonchev–Trinajstić information content (AvgIpc) is 2.38. The molecule has 0 saturated carbocycles. The summed E-state index contributed by atoms with van der Waals surface area (Å²) in [7, 11) is 1.34. The number of aromatic hydroxyl groups is 1. The normalized spacial score (nSPS) is 12.0. The predicted octanol–water partition coefficient (Wildman–Crippen LogP) is 0.137. The minimum atomic E-state index is -1.02. The Labute approximate surface area is 109 Å². The first-order chi connectivity index (χ1) is 8.49. The Hall–Kier alpha value is -1.50. The number of hydrogen-bond donors (Lipinski definition) is 4. The molecular weight excluding hydrogens is 262 g/mol. The van der Waals surface area contributed by atoms with Gasteiger partial charge in [-0.05, 0) is 12.1 Å². The van der Waals surface area contributed by atoms with Crippen LogP contribution in [-0.4, -0.2) is 47.6 Å². The lowest BCUT2D eigenvalue weighted by molar-refractivity contribution is 0.0801. The number of amides is 1. The number of aliphatic hydroxyl groups is 2.